The number of hydrogen-bond donors (Lipinski definition) is 1. The summed E-state index contributed by atoms with van der Waals surface area (Å²) in [6, 6.07) is 0. The molecule has 1 spiro atoms. The van der Waals surface area contributed by atoms with Crippen LogP contribution in [0.2, 0.25) is 0 Å². The molecule has 0 aromatic carbocycles. The third kappa shape index (κ3) is 3.69. The van der Waals surface area contributed by atoms with Gasteiger partial charge in [0.1, 0.15) is 0 Å². The molecule has 2 aliphatic rings. The molecule has 2 rings (SSSR count). The van der Waals surface area contributed by atoms with Gasteiger partial charge in [-0.3, -0.25) is 4.21 Å². The van der Waals surface area contributed by atoms with Crippen molar-refractivity contribution in [2.75, 3.05) is 23.9 Å². The lowest BCUT2D eigenvalue weighted by Crippen LogP contribution is -2.46. The third-order valence-corrected chi connectivity index (χ3v) is 6.80. The van der Waals surface area contributed by atoms with Crippen LogP contribution in [-0.4, -0.2) is 44.5 Å². The maximum absolute atomic E-state index is 12.3. The van der Waals surface area contributed by atoms with Crippen molar-refractivity contribution in [1.29, 1.82) is 0 Å². The standard InChI is InChI=1S/C12H23NO2S2/c1-11(2,13)9-17(14)10-3-5-15-12(7-10)4-6-16-8-12/h10H,3-9,13H2,1-2H3. The van der Waals surface area contributed by atoms with Gasteiger partial charge in [-0.15, -0.1) is 0 Å². The van der Waals surface area contributed by atoms with Crippen molar-refractivity contribution < 1.29 is 8.95 Å². The lowest BCUT2D eigenvalue weighted by molar-refractivity contribution is -0.0567. The van der Waals surface area contributed by atoms with E-state index in [0.717, 1.165) is 31.6 Å². The minimum absolute atomic E-state index is 0.0297. The Hall–Kier alpha value is 0.420. The summed E-state index contributed by atoms with van der Waals surface area (Å²) in [6.07, 6.45) is 3.01. The highest BCUT2D eigenvalue weighted by molar-refractivity contribution is 7.99. The predicted octanol–water partition coefficient (Wildman–Crippen LogP) is 1.53. The second kappa shape index (κ2) is 5.19. The van der Waals surface area contributed by atoms with Crippen molar-refractivity contribution in [1.82, 2.24) is 0 Å². The maximum atomic E-state index is 12.3. The fourth-order valence-corrected chi connectivity index (χ4v) is 5.75. The normalized spacial score (nSPS) is 36.3. The molecule has 3 unspecified atom stereocenters. The van der Waals surface area contributed by atoms with Gasteiger partial charge in [0.2, 0.25) is 0 Å². The monoisotopic (exact) mass is 277 g/mol. The predicted molar refractivity (Wildman–Crippen MR) is 74.9 cm³/mol. The van der Waals surface area contributed by atoms with Gasteiger partial charge in [-0.25, -0.2) is 0 Å². The van der Waals surface area contributed by atoms with E-state index < -0.39 is 10.8 Å². The molecular weight excluding hydrogens is 254 g/mol. The Morgan fingerprint density at radius 3 is 2.94 bits per heavy atom. The third-order valence-electron chi connectivity index (χ3n) is 3.40. The summed E-state index contributed by atoms with van der Waals surface area (Å²) in [5.74, 6) is 2.86. The Morgan fingerprint density at radius 1 is 1.59 bits per heavy atom. The summed E-state index contributed by atoms with van der Waals surface area (Å²) < 4.78 is 18.3. The first kappa shape index (κ1) is 13.8. The van der Waals surface area contributed by atoms with E-state index in [4.69, 9.17) is 10.5 Å². The van der Waals surface area contributed by atoms with Crippen LogP contribution in [0.3, 0.4) is 0 Å². The van der Waals surface area contributed by atoms with Crippen molar-refractivity contribution in [3.05, 3.63) is 0 Å². The Morgan fingerprint density at radius 2 is 2.35 bits per heavy atom. The summed E-state index contributed by atoms with van der Waals surface area (Å²) in [7, 11) is -0.812. The molecule has 17 heavy (non-hydrogen) atoms. The minimum atomic E-state index is -0.812. The zero-order valence-corrected chi connectivity index (χ0v) is 12.4. The van der Waals surface area contributed by atoms with Crippen molar-refractivity contribution >= 4 is 22.6 Å². The first-order valence-corrected chi connectivity index (χ1v) is 8.82. The van der Waals surface area contributed by atoms with Crippen molar-refractivity contribution in [2.24, 2.45) is 5.73 Å². The number of thioether (sulfide) groups is 1. The zero-order chi connectivity index (χ0) is 12.5. The van der Waals surface area contributed by atoms with Gasteiger partial charge < -0.3 is 10.5 Å². The Kier molecular flexibility index (Phi) is 4.23. The van der Waals surface area contributed by atoms with Crippen molar-refractivity contribution in [3.63, 3.8) is 0 Å². The molecule has 3 nitrogen and oxygen atoms in total. The molecule has 0 amide bonds. The van der Waals surface area contributed by atoms with Crippen LogP contribution in [0, 0.1) is 0 Å². The van der Waals surface area contributed by atoms with Gasteiger partial charge in [-0.1, -0.05) is 0 Å². The van der Waals surface area contributed by atoms with Crippen LogP contribution in [0.5, 0.6) is 0 Å². The second-order valence-electron chi connectivity index (χ2n) is 5.96. The van der Waals surface area contributed by atoms with E-state index in [1.165, 1.54) is 5.75 Å². The van der Waals surface area contributed by atoms with E-state index in [2.05, 4.69) is 0 Å². The molecule has 0 aliphatic carbocycles. The van der Waals surface area contributed by atoms with Gasteiger partial charge in [0, 0.05) is 39.7 Å². The Bertz CT molecular complexity index is 295. The summed E-state index contributed by atoms with van der Waals surface area (Å²) in [5.41, 5.74) is 5.66. The first-order valence-electron chi connectivity index (χ1n) is 6.28. The lowest BCUT2D eigenvalue weighted by atomic mass is 9.93. The molecule has 0 saturated carbocycles. The molecule has 2 N–H and O–H groups in total. The van der Waals surface area contributed by atoms with Crippen molar-refractivity contribution in [2.45, 2.75) is 49.5 Å². The molecule has 2 heterocycles. The van der Waals surface area contributed by atoms with Gasteiger partial charge in [0.25, 0.3) is 0 Å². The highest BCUT2D eigenvalue weighted by Crippen LogP contribution is 2.39. The van der Waals surface area contributed by atoms with Gasteiger partial charge in [0.15, 0.2) is 0 Å². The average molecular weight is 277 g/mol. The second-order valence-corrected chi connectivity index (χ2v) is 8.78. The summed E-state index contributed by atoms with van der Waals surface area (Å²) in [5, 5.41) is 0.283. The molecule has 2 aliphatic heterocycles. The van der Waals surface area contributed by atoms with Gasteiger partial charge in [-0.2, -0.15) is 11.8 Å². The van der Waals surface area contributed by atoms with Crippen LogP contribution in [-0.2, 0) is 15.5 Å². The summed E-state index contributed by atoms with van der Waals surface area (Å²) >= 11 is 1.96. The topological polar surface area (TPSA) is 52.3 Å². The van der Waals surface area contributed by atoms with Gasteiger partial charge in [-0.05, 0) is 38.9 Å². The van der Waals surface area contributed by atoms with Crippen LogP contribution in [0.25, 0.3) is 0 Å². The van der Waals surface area contributed by atoms with Crippen LogP contribution < -0.4 is 5.73 Å². The van der Waals surface area contributed by atoms with Crippen LogP contribution in [0.15, 0.2) is 0 Å². The molecule has 0 aromatic heterocycles. The quantitative estimate of drug-likeness (QED) is 0.850. The fourth-order valence-electron chi connectivity index (χ4n) is 2.56. The maximum Gasteiger partial charge on any atom is 0.0791 e. The van der Waals surface area contributed by atoms with E-state index in [1.807, 2.05) is 25.6 Å². The van der Waals surface area contributed by atoms with Gasteiger partial charge >= 0.3 is 0 Å². The van der Waals surface area contributed by atoms with Crippen molar-refractivity contribution in [3.8, 4) is 0 Å². The van der Waals surface area contributed by atoms with Crippen LogP contribution >= 0.6 is 11.8 Å². The molecule has 5 heteroatoms. The van der Waals surface area contributed by atoms with E-state index in [9.17, 15) is 4.21 Å². The number of nitrogens with two attached hydrogens (primary N) is 1. The van der Waals surface area contributed by atoms with Crippen LogP contribution in [0.1, 0.15) is 33.1 Å². The average Bonchev–Trinajstić information content (AvgIpc) is 2.64. The number of ether oxygens (including phenoxy) is 1. The van der Waals surface area contributed by atoms with E-state index in [-0.39, 0.29) is 16.4 Å². The summed E-state index contributed by atoms with van der Waals surface area (Å²) in [6.45, 7) is 4.67. The van der Waals surface area contributed by atoms with E-state index in [0.29, 0.717) is 5.75 Å². The summed E-state index contributed by atoms with van der Waals surface area (Å²) in [4.78, 5) is 0. The molecular formula is C12H23NO2S2. The Labute approximate surface area is 111 Å². The minimum Gasteiger partial charge on any atom is -0.374 e. The number of rotatable bonds is 3. The molecule has 2 saturated heterocycles. The first-order chi connectivity index (χ1) is 7.90. The number of hydrogen-bond acceptors (Lipinski definition) is 4. The van der Waals surface area contributed by atoms with E-state index in [1.54, 1.807) is 0 Å². The van der Waals surface area contributed by atoms with Crippen LogP contribution in [0.4, 0.5) is 0 Å². The van der Waals surface area contributed by atoms with E-state index >= 15 is 0 Å². The molecule has 100 valence electrons. The fraction of sp³-hybridized carbons (Fsp3) is 1.00. The largest absolute Gasteiger partial charge is 0.374 e. The Balaban J connectivity index is 1.95. The highest BCUT2D eigenvalue weighted by atomic mass is 32.2. The molecule has 2 fully saturated rings. The zero-order valence-electron chi connectivity index (χ0n) is 10.7. The molecule has 0 aromatic rings. The lowest BCUT2D eigenvalue weighted by Gasteiger charge is -2.38. The van der Waals surface area contributed by atoms with Gasteiger partial charge in [0.05, 0.1) is 5.60 Å². The smallest absolute Gasteiger partial charge is 0.0791 e. The molecule has 0 bridgehead atoms. The molecule has 3 atom stereocenters. The molecule has 0 radical (unpaired) electrons. The highest BCUT2D eigenvalue weighted by Gasteiger charge is 2.42. The SMILES string of the molecule is CC(C)(N)CS(=O)C1CCOC2(CCSC2)C1.